The Balaban J connectivity index is 3.63. The van der Waals surface area contributed by atoms with Crippen LogP contribution in [0.1, 0.15) is 96.8 Å². The van der Waals surface area contributed by atoms with Gasteiger partial charge in [-0.05, 0) is 6.42 Å². The molecule has 10 heteroatoms. The largest absolute Gasteiger partial charge is 0.472 e. The molecule has 0 aromatic heterocycles. The Morgan fingerprint density at radius 1 is 0.656 bits per heavy atom. The van der Waals surface area contributed by atoms with Crippen LogP contribution in [0.4, 0.5) is 0 Å². The van der Waals surface area contributed by atoms with E-state index in [0.29, 0.717) is 6.42 Å². The molecule has 0 amide bonds. The summed E-state index contributed by atoms with van der Waals surface area (Å²) in [7, 11) is -4.40. The van der Waals surface area contributed by atoms with Crippen molar-refractivity contribution in [2.45, 2.75) is 121 Å². The lowest BCUT2D eigenvalue weighted by Crippen LogP contribution is -2.47. The predicted molar refractivity (Wildman–Crippen MR) is 123 cm³/mol. The maximum atomic E-state index is 11.8. The van der Waals surface area contributed by atoms with Crippen LogP contribution in [0.2, 0.25) is 0 Å². The number of hydrogen-bond acceptors (Lipinski definition) is 8. The molecule has 0 rings (SSSR count). The fourth-order valence-electron chi connectivity index (χ4n) is 3.35. The zero-order valence-electron chi connectivity index (χ0n) is 19.7. The van der Waals surface area contributed by atoms with Gasteiger partial charge in [0.1, 0.15) is 24.4 Å². The Bertz CT molecular complexity index is 467. The van der Waals surface area contributed by atoms with Crippen LogP contribution in [-0.4, -0.2) is 74.7 Å². The van der Waals surface area contributed by atoms with E-state index in [0.717, 1.165) is 19.3 Å². The van der Waals surface area contributed by atoms with Crippen molar-refractivity contribution in [1.29, 1.82) is 0 Å². The molecule has 0 aliphatic carbocycles. The summed E-state index contributed by atoms with van der Waals surface area (Å²) in [5, 5.41) is 46.8. The molecule has 5 atom stereocenters. The molecule has 32 heavy (non-hydrogen) atoms. The molecule has 0 spiro atoms. The second-order valence-corrected chi connectivity index (χ2v) is 9.95. The van der Waals surface area contributed by atoms with Crippen molar-refractivity contribution in [2.75, 3.05) is 19.8 Å². The van der Waals surface area contributed by atoms with Crippen molar-refractivity contribution in [3.63, 3.8) is 0 Å². The van der Waals surface area contributed by atoms with Crippen molar-refractivity contribution in [3.05, 3.63) is 0 Å². The maximum absolute atomic E-state index is 11.8. The molecule has 0 fully saturated rings. The summed E-state index contributed by atoms with van der Waals surface area (Å²) in [4.78, 5) is 9.61. The van der Waals surface area contributed by atoms with Gasteiger partial charge < -0.3 is 30.4 Å². The molecule has 194 valence electrons. The van der Waals surface area contributed by atoms with E-state index in [9.17, 15) is 29.9 Å². The van der Waals surface area contributed by atoms with E-state index >= 15 is 0 Å². The molecule has 0 saturated carbocycles. The van der Waals surface area contributed by atoms with Crippen molar-refractivity contribution < 1.29 is 44.0 Å². The van der Waals surface area contributed by atoms with Crippen LogP contribution in [-0.2, 0) is 13.6 Å². The first-order valence-electron chi connectivity index (χ1n) is 12.2. The first kappa shape index (κ1) is 31.9. The maximum Gasteiger partial charge on any atom is 0.472 e. The SMILES string of the molecule is CCCCCCCCCCCCCCCCOP(=O)(O)OC[C@H](O)[C@@H](O)[C@H](O)[C@H](O)CO. The van der Waals surface area contributed by atoms with Gasteiger partial charge in [0.15, 0.2) is 0 Å². The highest BCUT2D eigenvalue weighted by atomic mass is 31.2. The zero-order valence-corrected chi connectivity index (χ0v) is 20.6. The Hall–Kier alpha value is -0.0900. The number of aliphatic hydroxyl groups excluding tert-OH is 5. The zero-order chi connectivity index (χ0) is 24.2. The Labute approximate surface area is 193 Å². The van der Waals surface area contributed by atoms with E-state index in [2.05, 4.69) is 11.4 Å². The standard InChI is InChI=1S/C22H47O9P/c1-2-3-4-5-6-7-8-9-10-11-12-13-14-15-16-30-32(28,29)31-18-20(25)22(27)21(26)19(24)17-23/h19-27H,2-18H2,1H3,(H,28,29)/t19-,20+,21-,22-/m1/s1. The molecule has 6 N–H and O–H groups in total. The van der Waals surface area contributed by atoms with Gasteiger partial charge in [-0.3, -0.25) is 9.05 Å². The topological polar surface area (TPSA) is 157 Å². The summed E-state index contributed by atoms with van der Waals surface area (Å²) in [6.07, 6.45) is 9.71. The molecule has 0 aliphatic heterocycles. The van der Waals surface area contributed by atoms with Gasteiger partial charge >= 0.3 is 7.82 Å². The number of unbranched alkanes of at least 4 members (excludes halogenated alkanes) is 13. The van der Waals surface area contributed by atoms with E-state index in [1.54, 1.807) is 0 Å². The third-order valence-electron chi connectivity index (χ3n) is 5.49. The lowest BCUT2D eigenvalue weighted by Gasteiger charge is -2.25. The normalized spacial score (nSPS) is 17.6. The van der Waals surface area contributed by atoms with Crippen LogP contribution in [0.15, 0.2) is 0 Å². The second-order valence-electron chi connectivity index (χ2n) is 8.49. The second kappa shape index (κ2) is 20.3. The quantitative estimate of drug-likeness (QED) is 0.0943. The van der Waals surface area contributed by atoms with Gasteiger partial charge in [-0.1, -0.05) is 90.4 Å². The molecule has 0 aromatic rings. The minimum absolute atomic E-state index is 0.0380. The van der Waals surface area contributed by atoms with E-state index < -0.39 is 45.5 Å². The van der Waals surface area contributed by atoms with Gasteiger partial charge in [0.25, 0.3) is 0 Å². The van der Waals surface area contributed by atoms with Crippen LogP contribution < -0.4 is 0 Å². The molecule has 0 heterocycles. The highest BCUT2D eigenvalue weighted by Crippen LogP contribution is 2.43. The van der Waals surface area contributed by atoms with Gasteiger partial charge in [0.05, 0.1) is 19.8 Å². The number of hydrogen-bond donors (Lipinski definition) is 6. The number of phosphoric ester groups is 1. The fraction of sp³-hybridized carbons (Fsp3) is 1.00. The molecule has 0 saturated heterocycles. The number of aliphatic hydroxyl groups is 5. The summed E-state index contributed by atoms with van der Waals surface area (Å²) in [6.45, 7) is 0.684. The summed E-state index contributed by atoms with van der Waals surface area (Å²) in [6, 6.07) is 0. The molecule has 9 nitrogen and oxygen atoms in total. The van der Waals surface area contributed by atoms with Crippen LogP contribution in [0, 0.1) is 0 Å². The van der Waals surface area contributed by atoms with Crippen LogP contribution in [0.5, 0.6) is 0 Å². The van der Waals surface area contributed by atoms with Gasteiger partial charge in [-0.15, -0.1) is 0 Å². The summed E-state index contributed by atoms with van der Waals surface area (Å²) in [5.74, 6) is 0. The average Bonchev–Trinajstić information content (AvgIpc) is 2.78. The van der Waals surface area contributed by atoms with Crippen molar-refractivity contribution >= 4 is 7.82 Å². The molecular weight excluding hydrogens is 439 g/mol. The average molecular weight is 487 g/mol. The minimum atomic E-state index is -4.40. The van der Waals surface area contributed by atoms with Crippen molar-refractivity contribution in [1.82, 2.24) is 0 Å². The van der Waals surface area contributed by atoms with Gasteiger partial charge in [-0.25, -0.2) is 4.57 Å². The first-order chi connectivity index (χ1) is 15.2. The van der Waals surface area contributed by atoms with Crippen LogP contribution in [0.25, 0.3) is 0 Å². The van der Waals surface area contributed by atoms with E-state index in [1.165, 1.54) is 64.2 Å². The molecular formula is C22H47O9P. The fourth-order valence-corrected chi connectivity index (χ4v) is 4.12. The lowest BCUT2D eigenvalue weighted by atomic mass is 10.0. The number of rotatable bonds is 23. The van der Waals surface area contributed by atoms with Gasteiger partial charge in [-0.2, -0.15) is 0 Å². The predicted octanol–water partition coefficient (Wildman–Crippen LogP) is 3.04. The molecule has 0 radical (unpaired) electrons. The Morgan fingerprint density at radius 3 is 1.50 bits per heavy atom. The van der Waals surface area contributed by atoms with Crippen molar-refractivity contribution in [2.24, 2.45) is 0 Å². The molecule has 0 aliphatic rings. The van der Waals surface area contributed by atoms with E-state index in [-0.39, 0.29) is 6.61 Å². The van der Waals surface area contributed by atoms with E-state index in [4.69, 9.17) is 9.63 Å². The lowest BCUT2D eigenvalue weighted by molar-refractivity contribution is -0.122. The van der Waals surface area contributed by atoms with Gasteiger partial charge in [0, 0.05) is 0 Å². The van der Waals surface area contributed by atoms with Crippen LogP contribution >= 0.6 is 7.82 Å². The summed E-state index contributed by atoms with van der Waals surface area (Å²) in [5.41, 5.74) is 0. The smallest absolute Gasteiger partial charge is 0.394 e. The van der Waals surface area contributed by atoms with Crippen molar-refractivity contribution in [3.8, 4) is 0 Å². The summed E-state index contributed by atoms with van der Waals surface area (Å²) < 4.78 is 21.3. The Morgan fingerprint density at radius 2 is 1.06 bits per heavy atom. The Kier molecular flexibility index (Phi) is 20.2. The monoisotopic (exact) mass is 486 g/mol. The van der Waals surface area contributed by atoms with E-state index in [1.807, 2.05) is 0 Å². The highest BCUT2D eigenvalue weighted by Gasteiger charge is 2.32. The molecule has 0 aromatic carbocycles. The molecule has 0 bridgehead atoms. The molecule has 1 unspecified atom stereocenters. The third-order valence-corrected chi connectivity index (χ3v) is 6.47. The van der Waals surface area contributed by atoms with Crippen LogP contribution in [0.3, 0.4) is 0 Å². The first-order valence-corrected chi connectivity index (χ1v) is 13.7. The number of phosphoric acid groups is 1. The van der Waals surface area contributed by atoms with Gasteiger partial charge in [0.2, 0.25) is 0 Å². The highest BCUT2D eigenvalue weighted by molar-refractivity contribution is 7.47. The minimum Gasteiger partial charge on any atom is -0.394 e. The third kappa shape index (κ3) is 17.4. The summed E-state index contributed by atoms with van der Waals surface area (Å²) >= 11 is 0.